The SMILES string of the molecule is CC(C)(C)NCc1nnc(-c2cc(F)c(F)c(F)c2)o1. The van der Waals surface area contributed by atoms with E-state index in [1.807, 2.05) is 20.8 Å². The van der Waals surface area contributed by atoms with Gasteiger partial charge in [-0.1, -0.05) is 0 Å². The summed E-state index contributed by atoms with van der Waals surface area (Å²) in [5.74, 6) is -3.91. The monoisotopic (exact) mass is 285 g/mol. The summed E-state index contributed by atoms with van der Waals surface area (Å²) in [5.41, 5.74) is -0.140. The fourth-order valence-corrected chi connectivity index (χ4v) is 1.46. The molecule has 0 fully saturated rings. The molecular formula is C13H14F3N3O. The number of nitrogens with one attached hydrogen (secondary N) is 1. The third-order valence-electron chi connectivity index (χ3n) is 2.47. The van der Waals surface area contributed by atoms with Crippen molar-refractivity contribution in [3.05, 3.63) is 35.5 Å². The number of nitrogens with zero attached hydrogens (tertiary/aromatic N) is 2. The molecule has 1 heterocycles. The fourth-order valence-electron chi connectivity index (χ4n) is 1.46. The van der Waals surface area contributed by atoms with Crippen LogP contribution in [0.2, 0.25) is 0 Å². The number of benzene rings is 1. The molecule has 7 heteroatoms. The number of hydrogen-bond acceptors (Lipinski definition) is 4. The normalized spacial score (nSPS) is 11.9. The summed E-state index contributed by atoms with van der Waals surface area (Å²) in [6.07, 6.45) is 0. The first-order chi connectivity index (χ1) is 9.26. The molecule has 1 N–H and O–H groups in total. The molecule has 0 bridgehead atoms. The Hall–Kier alpha value is -1.89. The third kappa shape index (κ3) is 3.36. The van der Waals surface area contributed by atoms with Crippen molar-refractivity contribution in [3.63, 3.8) is 0 Å². The molecule has 0 unspecified atom stereocenters. The van der Waals surface area contributed by atoms with Crippen LogP contribution in [0.1, 0.15) is 26.7 Å². The van der Waals surface area contributed by atoms with E-state index in [0.717, 1.165) is 12.1 Å². The Morgan fingerprint density at radius 2 is 1.70 bits per heavy atom. The Morgan fingerprint density at radius 1 is 1.10 bits per heavy atom. The molecule has 0 aliphatic rings. The highest BCUT2D eigenvalue weighted by molar-refractivity contribution is 5.52. The summed E-state index contributed by atoms with van der Waals surface area (Å²) in [6.45, 7) is 6.22. The highest BCUT2D eigenvalue weighted by Gasteiger charge is 2.16. The van der Waals surface area contributed by atoms with Crippen molar-refractivity contribution in [3.8, 4) is 11.5 Å². The Labute approximate surface area is 114 Å². The molecule has 0 amide bonds. The van der Waals surface area contributed by atoms with Crippen molar-refractivity contribution >= 4 is 0 Å². The molecule has 0 radical (unpaired) electrons. The van der Waals surface area contributed by atoms with Crippen LogP contribution in [0.5, 0.6) is 0 Å². The van der Waals surface area contributed by atoms with Crippen LogP contribution in [-0.2, 0) is 6.54 Å². The van der Waals surface area contributed by atoms with Gasteiger partial charge in [0.25, 0.3) is 0 Å². The van der Waals surface area contributed by atoms with E-state index in [-0.39, 0.29) is 22.9 Å². The highest BCUT2D eigenvalue weighted by Crippen LogP contribution is 2.22. The van der Waals surface area contributed by atoms with Gasteiger partial charge in [-0.15, -0.1) is 10.2 Å². The van der Waals surface area contributed by atoms with Crippen LogP contribution >= 0.6 is 0 Å². The topological polar surface area (TPSA) is 51.0 Å². The van der Waals surface area contributed by atoms with E-state index in [0.29, 0.717) is 6.54 Å². The molecule has 1 aromatic heterocycles. The van der Waals surface area contributed by atoms with Gasteiger partial charge in [0.1, 0.15) is 0 Å². The molecule has 4 nitrogen and oxygen atoms in total. The number of aromatic nitrogens is 2. The van der Waals surface area contributed by atoms with E-state index >= 15 is 0 Å². The Morgan fingerprint density at radius 3 is 2.25 bits per heavy atom. The number of halogens is 3. The Balaban J connectivity index is 2.21. The molecule has 1 aromatic carbocycles. The van der Waals surface area contributed by atoms with E-state index in [4.69, 9.17) is 4.42 Å². The lowest BCUT2D eigenvalue weighted by atomic mass is 10.1. The molecule has 0 saturated heterocycles. The molecule has 0 saturated carbocycles. The second-order valence-corrected chi connectivity index (χ2v) is 5.36. The van der Waals surface area contributed by atoms with E-state index in [2.05, 4.69) is 15.5 Å². The summed E-state index contributed by atoms with van der Waals surface area (Å²) in [6, 6.07) is 1.62. The first-order valence-corrected chi connectivity index (χ1v) is 5.98. The maximum absolute atomic E-state index is 13.1. The van der Waals surface area contributed by atoms with E-state index in [9.17, 15) is 13.2 Å². The molecular weight excluding hydrogens is 271 g/mol. The second-order valence-electron chi connectivity index (χ2n) is 5.36. The van der Waals surface area contributed by atoms with E-state index in [1.54, 1.807) is 0 Å². The molecule has 0 aliphatic carbocycles. The zero-order valence-corrected chi connectivity index (χ0v) is 11.3. The lowest BCUT2D eigenvalue weighted by molar-refractivity contribution is 0.383. The van der Waals surface area contributed by atoms with Crippen LogP contribution in [0.3, 0.4) is 0 Å². The smallest absolute Gasteiger partial charge is 0.248 e. The van der Waals surface area contributed by atoms with Crippen molar-refractivity contribution < 1.29 is 17.6 Å². The summed E-state index contributed by atoms with van der Waals surface area (Å²) in [5, 5.41) is 10.6. The molecule has 108 valence electrons. The standard InChI is InChI=1S/C13H14F3N3O/c1-13(2,3)17-6-10-18-19-12(20-10)7-4-8(14)11(16)9(15)5-7/h4-5,17H,6H2,1-3H3. The van der Waals surface area contributed by atoms with Gasteiger partial charge in [-0.25, -0.2) is 13.2 Å². The minimum absolute atomic E-state index is 0.00379. The average molecular weight is 285 g/mol. The molecule has 2 rings (SSSR count). The summed E-state index contributed by atoms with van der Waals surface area (Å²) >= 11 is 0. The lowest BCUT2D eigenvalue weighted by Crippen LogP contribution is -2.35. The van der Waals surface area contributed by atoms with Gasteiger partial charge in [0.2, 0.25) is 11.8 Å². The minimum atomic E-state index is -1.53. The summed E-state index contributed by atoms with van der Waals surface area (Å²) in [4.78, 5) is 0. The van der Waals surface area contributed by atoms with Gasteiger partial charge in [0.15, 0.2) is 17.5 Å². The minimum Gasteiger partial charge on any atom is -0.419 e. The zero-order valence-electron chi connectivity index (χ0n) is 11.3. The predicted molar refractivity (Wildman–Crippen MR) is 66.2 cm³/mol. The molecule has 0 spiro atoms. The lowest BCUT2D eigenvalue weighted by Gasteiger charge is -2.18. The Bertz CT molecular complexity index is 597. The first-order valence-electron chi connectivity index (χ1n) is 5.98. The Kier molecular flexibility index (Phi) is 3.80. The first kappa shape index (κ1) is 14.5. The van der Waals surface area contributed by atoms with Crippen molar-refractivity contribution in [2.24, 2.45) is 0 Å². The van der Waals surface area contributed by atoms with Crippen LogP contribution < -0.4 is 5.32 Å². The number of rotatable bonds is 3. The maximum atomic E-state index is 13.1. The van der Waals surface area contributed by atoms with Crippen molar-refractivity contribution in [1.29, 1.82) is 0 Å². The second kappa shape index (κ2) is 5.24. The maximum Gasteiger partial charge on any atom is 0.248 e. The van der Waals surface area contributed by atoms with Gasteiger partial charge < -0.3 is 9.73 Å². The highest BCUT2D eigenvalue weighted by atomic mass is 19.2. The van der Waals surface area contributed by atoms with Gasteiger partial charge in [-0.05, 0) is 32.9 Å². The third-order valence-corrected chi connectivity index (χ3v) is 2.47. The van der Waals surface area contributed by atoms with E-state index in [1.165, 1.54) is 0 Å². The van der Waals surface area contributed by atoms with Crippen LogP contribution in [-0.4, -0.2) is 15.7 Å². The summed E-state index contributed by atoms with van der Waals surface area (Å²) < 4.78 is 44.4. The number of hydrogen-bond donors (Lipinski definition) is 1. The molecule has 0 atom stereocenters. The van der Waals surface area contributed by atoms with Gasteiger partial charge in [0.05, 0.1) is 6.54 Å². The van der Waals surface area contributed by atoms with Crippen LogP contribution in [0.25, 0.3) is 11.5 Å². The van der Waals surface area contributed by atoms with Gasteiger partial charge in [-0.3, -0.25) is 0 Å². The van der Waals surface area contributed by atoms with Crippen molar-refractivity contribution in [2.45, 2.75) is 32.9 Å². The van der Waals surface area contributed by atoms with Crippen LogP contribution in [0.4, 0.5) is 13.2 Å². The fraction of sp³-hybridized carbons (Fsp3) is 0.385. The molecule has 0 aliphatic heterocycles. The molecule has 2 aromatic rings. The summed E-state index contributed by atoms with van der Waals surface area (Å²) in [7, 11) is 0. The van der Waals surface area contributed by atoms with Gasteiger partial charge >= 0.3 is 0 Å². The molecule has 20 heavy (non-hydrogen) atoms. The predicted octanol–water partition coefficient (Wildman–Crippen LogP) is 3.04. The van der Waals surface area contributed by atoms with Crippen LogP contribution in [0, 0.1) is 17.5 Å². The van der Waals surface area contributed by atoms with Gasteiger partial charge in [-0.2, -0.15) is 0 Å². The average Bonchev–Trinajstić information content (AvgIpc) is 2.81. The van der Waals surface area contributed by atoms with Crippen LogP contribution in [0.15, 0.2) is 16.5 Å². The van der Waals surface area contributed by atoms with Crippen molar-refractivity contribution in [2.75, 3.05) is 0 Å². The quantitative estimate of drug-likeness (QED) is 0.881. The van der Waals surface area contributed by atoms with Crippen molar-refractivity contribution in [1.82, 2.24) is 15.5 Å². The largest absolute Gasteiger partial charge is 0.419 e. The van der Waals surface area contributed by atoms with Gasteiger partial charge in [0, 0.05) is 11.1 Å². The zero-order chi connectivity index (χ0) is 14.9. The van der Waals surface area contributed by atoms with E-state index < -0.39 is 17.5 Å².